The van der Waals surface area contributed by atoms with Gasteiger partial charge in [0.05, 0.1) is 0 Å². The molecule has 0 atom stereocenters. The van der Waals surface area contributed by atoms with Crippen LogP contribution in [0.3, 0.4) is 0 Å². The van der Waals surface area contributed by atoms with Crippen molar-refractivity contribution < 1.29 is 13.2 Å². The minimum absolute atomic E-state index is 0.423. The van der Waals surface area contributed by atoms with E-state index in [1.807, 2.05) is 6.92 Å². The topological polar surface area (TPSA) is 70.7 Å². The second-order valence-corrected chi connectivity index (χ2v) is 6.61. The highest BCUT2D eigenvalue weighted by Crippen LogP contribution is 1.96. The molecule has 0 heterocycles. The van der Waals surface area contributed by atoms with Gasteiger partial charge in [-0.25, -0.2) is 4.72 Å². The highest BCUT2D eigenvalue weighted by Gasteiger charge is 2.15. The smallest absolute Gasteiger partial charge is 0.279 e. The summed E-state index contributed by atoms with van der Waals surface area (Å²) in [6.45, 7) is 8.20. The van der Waals surface area contributed by atoms with E-state index in [4.69, 9.17) is 4.74 Å². The molecule has 0 saturated carbocycles. The van der Waals surface area contributed by atoms with Gasteiger partial charge in [0.1, 0.15) is 0 Å². The largest absolute Gasteiger partial charge is 0.381 e. The first kappa shape index (κ1) is 19.8. The summed E-state index contributed by atoms with van der Waals surface area (Å²) in [7, 11) is -1.74. The molecule has 7 heteroatoms. The van der Waals surface area contributed by atoms with E-state index in [1.54, 1.807) is 7.05 Å². The van der Waals surface area contributed by atoms with Crippen molar-refractivity contribution in [2.75, 3.05) is 46.4 Å². The van der Waals surface area contributed by atoms with E-state index in [1.165, 1.54) is 4.31 Å². The van der Waals surface area contributed by atoms with Crippen LogP contribution in [0.5, 0.6) is 0 Å². The van der Waals surface area contributed by atoms with Crippen LogP contribution < -0.4 is 10.0 Å². The van der Waals surface area contributed by atoms with Gasteiger partial charge in [-0.05, 0) is 32.4 Å². The van der Waals surface area contributed by atoms with E-state index in [-0.39, 0.29) is 0 Å². The molecule has 0 spiro atoms. The molecule has 0 aliphatic rings. The van der Waals surface area contributed by atoms with E-state index in [9.17, 15) is 8.42 Å². The third-order valence-corrected chi connectivity index (χ3v) is 4.45. The van der Waals surface area contributed by atoms with Gasteiger partial charge in [0.25, 0.3) is 10.2 Å². The molecular formula is C13H31N3O3S. The van der Waals surface area contributed by atoms with Gasteiger partial charge in [-0.3, -0.25) is 0 Å². The number of nitrogens with one attached hydrogen (secondary N) is 2. The minimum Gasteiger partial charge on any atom is -0.381 e. The average molecular weight is 309 g/mol. The second kappa shape index (κ2) is 12.5. The summed E-state index contributed by atoms with van der Waals surface area (Å²) < 4.78 is 33.1. The lowest BCUT2D eigenvalue weighted by Crippen LogP contribution is -2.40. The molecule has 0 saturated heterocycles. The third-order valence-electron chi connectivity index (χ3n) is 2.88. The normalized spacial score (nSPS) is 12.2. The Morgan fingerprint density at radius 3 is 2.40 bits per heavy atom. The Balaban J connectivity index is 3.66. The predicted molar refractivity (Wildman–Crippen MR) is 83.1 cm³/mol. The number of hydrogen-bond acceptors (Lipinski definition) is 4. The Morgan fingerprint density at radius 1 is 1.05 bits per heavy atom. The second-order valence-electron chi connectivity index (χ2n) is 4.75. The van der Waals surface area contributed by atoms with Crippen molar-refractivity contribution >= 4 is 10.2 Å². The van der Waals surface area contributed by atoms with E-state index in [0.717, 1.165) is 39.0 Å². The summed E-state index contributed by atoms with van der Waals surface area (Å²) in [5, 5.41) is 3.17. The number of ether oxygens (including phenoxy) is 1. The zero-order valence-corrected chi connectivity index (χ0v) is 14.0. The fourth-order valence-corrected chi connectivity index (χ4v) is 2.55. The lowest BCUT2D eigenvalue weighted by molar-refractivity contribution is 0.129. The Bertz CT molecular complexity index is 310. The van der Waals surface area contributed by atoms with Crippen molar-refractivity contribution in [3.05, 3.63) is 0 Å². The molecule has 0 aromatic rings. The van der Waals surface area contributed by atoms with E-state index >= 15 is 0 Å². The predicted octanol–water partition coefficient (Wildman–Crippen LogP) is 0.959. The summed E-state index contributed by atoms with van der Waals surface area (Å²) in [6, 6.07) is 0. The standard InChI is InChI=1S/C13H31N3O3S/c1-4-6-12-19-13-8-10-15-20(17,18)16(3)11-7-9-14-5-2/h14-15H,4-13H2,1-3H3. The molecule has 122 valence electrons. The quantitative estimate of drug-likeness (QED) is 0.469. The fourth-order valence-electron chi connectivity index (χ4n) is 1.56. The first-order valence-corrected chi connectivity index (χ1v) is 8.98. The molecule has 0 aromatic carbocycles. The van der Waals surface area contributed by atoms with Gasteiger partial charge in [-0.2, -0.15) is 12.7 Å². The van der Waals surface area contributed by atoms with Crippen LogP contribution in [0.4, 0.5) is 0 Å². The summed E-state index contributed by atoms with van der Waals surface area (Å²) >= 11 is 0. The molecule has 0 unspecified atom stereocenters. The van der Waals surface area contributed by atoms with Crippen LogP contribution in [0.25, 0.3) is 0 Å². The van der Waals surface area contributed by atoms with Crippen molar-refractivity contribution in [2.24, 2.45) is 0 Å². The highest BCUT2D eigenvalue weighted by molar-refractivity contribution is 7.87. The molecule has 0 amide bonds. The van der Waals surface area contributed by atoms with Crippen LogP contribution in [0.1, 0.15) is 39.5 Å². The summed E-state index contributed by atoms with van der Waals surface area (Å²) in [5.74, 6) is 0. The lowest BCUT2D eigenvalue weighted by Gasteiger charge is -2.17. The highest BCUT2D eigenvalue weighted by atomic mass is 32.2. The molecule has 0 aliphatic heterocycles. The molecule has 0 fully saturated rings. The SMILES string of the molecule is CCCCOCCCNS(=O)(=O)N(C)CCCNCC. The zero-order valence-electron chi connectivity index (χ0n) is 13.2. The van der Waals surface area contributed by atoms with Crippen molar-refractivity contribution in [3.63, 3.8) is 0 Å². The van der Waals surface area contributed by atoms with Gasteiger partial charge in [0.2, 0.25) is 0 Å². The van der Waals surface area contributed by atoms with Crippen LogP contribution >= 0.6 is 0 Å². The molecular weight excluding hydrogens is 278 g/mol. The molecule has 6 nitrogen and oxygen atoms in total. The van der Waals surface area contributed by atoms with Crippen molar-refractivity contribution in [1.29, 1.82) is 0 Å². The van der Waals surface area contributed by atoms with Gasteiger partial charge >= 0.3 is 0 Å². The van der Waals surface area contributed by atoms with Crippen molar-refractivity contribution in [3.8, 4) is 0 Å². The molecule has 0 rings (SSSR count). The van der Waals surface area contributed by atoms with Crippen LogP contribution in [0.15, 0.2) is 0 Å². The van der Waals surface area contributed by atoms with Gasteiger partial charge in [-0.1, -0.05) is 20.3 Å². The van der Waals surface area contributed by atoms with Crippen molar-refractivity contribution in [1.82, 2.24) is 14.3 Å². The monoisotopic (exact) mass is 309 g/mol. The van der Waals surface area contributed by atoms with Crippen LogP contribution in [0.2, 0.25) is 0 Å². The first-order valence-electron chi connectivity index (χ1n) is 7.54. The van der Waals surface area contributed by atoms with Crippen LogP contribution in [-0.4, -0.2) is 59.2 Å². The maximum absolute atomic E-state index is 11.9. The van der Waals surface area contributed by atoms with Crippen LogP contribution in [0, 0.1) is 0 Å². The molecule has 0 aliphatic carbocycles. The van der Waals surface area contributed by atoms with E-state index in [2.05, 4.69) is 17.0 Å². The summed E-state index contributed by atoms with van der Waals surface area (Å²) in [4.78, 5) is 0. The maximum atomic E-state index is 11.9. The number of hydrogen-bond donors (Lipinski definition) is 2. The number of rotatable bonds is 14. The molecule has 0 bridgehead atoms. The Hall–Kier alpha value is -0.210. The van der Waals surface area contributed by atoms with Gasteiger partial charge < -0.3 is 10.1 Å². The molecule has 0 aromatic heterocycles. The minimum atomic E-state index is -3.34. The molecule has 0 radical (unpaired) electrons. The van der Waals surface area contributed by atoms with Gasteiger partial charge in [0.15, 0.2) is 0 Å². The Morgan fingerprint density at radius 2 is 1.75 bits per heavy atom. The summed E-state index contributed by atoms with van der Waals surface area (Å²) in [6.07, 6.45) is 3.68. The molecule has 20 heavy (non-hydrogen) atoms. The fraction of sp³-hybridized carbons (Fsp3) is 1.00. The van der Waals surface area contributed by atoms with Crippen molar-refractivity contribution in [2.45, 2.75) is 39.5 Å². The van der Waals surface area contributed by atoms with E-state index < -0.39 is 10.2 Å². The Kier molecular flexibility index (Phi) is 12.4. The third kappa shape index (κ3) is 10.6. The van der Waals surface area contributed by atoms with Gasteiger partial charge in [0, 0.05) is 33.4 Å². The average Bonchev–Trinajstić information content (AvgIpc) is 2.42. The summed E-state index contributed by atoms with van der Waals surface area (Å²) in [5.41, 5.74) is 0. The molecule has 2 N–H and O–H groups in total. The zero-order chi connectivity index (χ0) is 15.3. The van der Waals surface area contributed by atoms with E-state index in [0.29, 0.717) is 26.1 Å². The van der Waals surface area contributed by atoms with Gasteiger partial charge in [-0.15, -0.1) is 0 Å². The number of nitrogens with zero attached hydrogens (tertiary/aromatic N) is 1. The van der Waals surface area contributed by atoms with Crippen LogP contribution in [-0.2, 0) is 14.9 Å². The number of unbranched alkanes of at least 4 members (excludes halogenated alkanes) is 1. The Labute approximate surface area is 124 Å². The maximum Gasteiger partial charge on any atom is 0.279 e. The first-order chi connectivity index (χ1) is 9.54. The lowest BCUT2D eigenvalue weighted by atomic mass is 10.4.